The Kier molecular flexibility index (Phi) is 5.32. The number of nitrogens with one attached hydrogen (secondary N) is 1. The van der Waals surface area contributed by atoms with E-state index in [0.29, 0.717) is 24.5 Å². The summed E-state index contributed by atoms with van der Waals surface area (Å²) in [5.74, 6) is 1.77. The summed E-state index contributed by atoms with van der Waals surface area (Å²) in [5, 5.41) is 3.61. The van der Waals surface area contributed by atoms with E-state index in [1.54, 1.807) is 37.8 Å². The fraction of sp³-hybridized carbons (Fsp3) is 0.455. The van der Waals surface area contributed by atoms with Gasteiger partial charge in [0.15, 0.2) is 5.65 Å². The number of rotatable bonds is 4. The molecule has 158 valence electrons. The standard InChI is InChI=1S/C22H28N6O2/c1-22(2,3)26-20-19(25-17-14-23-9-12-28(17)20)15-6-10-27(11-7-15)21(29)16-5-8-24-18(13-16)30-4/h5,8-9,12-15,26H,6-7,10-11H2,1-4H3. The van der Waals surface area contributed by atoms with Gasteiger partial charge < -0.3 is 15.0 Å². The topological polar surface area (TPSA) is 84.7 Å². The number of piperidine rings is 1. The lowest BCUT2D eigenvalue weighted by Gasteiger charge is -2.32. The number of carbonyl (C=O) groups excluding carboxylic acids is 1. The van der Waals surface area contributed by atoms with Crippen LogP contribution in [0.15, 0.2) is 36.9 Å². The second-order valence-corrected chi connectivity index (χ2v) is 8.68. The van der Waals surface area contributed by atoms with Crippen molar-refractivity contribution in [2.45, 2.75) is 45.1 Å². The lowest BCUT2D eigenvalue weighted by molar-refractivity contribution is 0.0712. The van der Waals surface area contributed by atoms with Crippen molar-refractivity contribution in [1.82, 2.24) is 24.3 Å². The Hall–Kier alpha value is -3.16. The number of carbonyl (C=O) groups is 1. The van der Waals surface area contributed by atoms with Gasteiger partial charge in [-0.2, -0.15) is 0 Å². The molecule has 0 aliphatic carbocycles. The number of hydrogen-bond acceptors (Lipinski definition) is 6. The maximum absolute atomic E-state index is 12.9. The molecule has 8 heteroatoms. The summed E-state index contributed by atoms with van der Waals surface area (Å²) in [6.07, 6.45) is 8.83. The number of methoxy groups -OCH3 is 1. The zero-order valence-electron chi connectivity index (χ0n) is 17.9. The maximum atomic E-state index is 12.9. The third-order valence-corrected chi connectivity index (χ3v) is 5.31. The Labute approximate surface area is 176 Å². The van der Waals surface area contributed by atoms with Crippen LogP contribution >= 0.6 is 0 Å². The molecular weight excluding hydrogens is 380 g/mol. The van der Waals surface area contributed by atoms with Crippen LogP contribution in [0.4, 0.5) is 5.82 Å². The summed E-state index contributed by atoms with van der Waals surface area (Å²) >= 11 is 0. The highest BCUT2D eigenvalue weighted by Gasteiger charge is 2.29. The van der Waals surface area contributed by atoms with Crippen LogP contribution in [0.3, 0.4) is 0 Å². The van der Waals surface area contributed by atoms with Gasteiger partial charge >= 0.3 is 0 Å². The number of nitrogens with zero attached hydrogens (tertiary/aromatic N) is 5. The van der Waals surface area contributed by atoms with Gasteiger partial charge in [-0.15, -0.1) is 0 Å². The summed E-state index contributed by atoms with van der Waals surface area (Å²) in [6.45, 7) is 7.80. The quantitative estimate of drug-likeness (QED) is 0.713. The molecule has 1 aliphatic heterocycles. The number of likely N-dealkylation sites (tertiary alicyclic amines) is 1. The molecule has 0 radical (unpaired) electrons. The van der Waals surface area contributed by atoms with Crippen molar-refractivity contribution in [2.75, 3.05) is 25.5 Å². The molecule has 0 aromatic carbocycles. The Balaban J connectivity index is 1.53. The van der Waals surface area contributed by atoms with Gasteiger partial charge in [0.2, 0.25) is 5.88 Å². The predicted octanol–water partition coefficient (Wildman–Crippen LogP) is 3.36. The van der Waals surface area contributed by atoms with Crippen LogP contribution in [0.2, 0.25) is 0 Å². The van der Waals surface area contributed by atoms with Gasteiger partial charge in [0, 0.05) is 54.8 Å². The van der Waals surface area contributed by atoms with Crippen molar-refractivity contribution in [2.24, 2.45) is 0 Å². The number of anilines is 1. The first-order valence-corrected chi connectivity index (χ1v) is 10.2. The van der Waals surface area contributed by atoms with Crippen LogP contribution in [0.5, 0.6) is 5.88 Å². The average Bonchev–Trinajstić information content (AvgIpc) is 3.10. The van der Waals surface area contributed by atoms with Crippen molar-refractivity contribution in [3.05, 3.63) is 48.2 Å². The van der Waals surface area contributed by atoms with E-state index in [9.17, 15) is 4.79 Å². The third-order valence-electron chi connectivity index (χ3n) is 5.31. The average molecular weight is 409 g/mol. The van der Waals surface area contributed by atoms with Gasteiger partial charge in [0.25, 0.3) is 5.91 Å². The lowest BCUT2D eigenvalue weighted by Crippen LogP contribution is -2.38. The van der Waals surface area contributed by atoms with E-state index in [4.69, 9.17) is 9.72 Å². The normalized spacial score (nSPS) is 15.4. The molecule has 1 amide bonds. The van der Waals surface area contributed by atoms with Crippen LogP contribution in [0.1, 0.15) is 55.6 Å². The minimum atomic E-state index is -0.0922. The van der Waals surface area contributed by atoms with Gasteiger partial charge in [-0.3, -0.25) is 14.2 Å². The summed E-state index contributed by atoms with van der Waals surface area (Å²) in [7, 11) is 1.55. The first kappa shape index (κ1) is 20.1. The first-order valence-electron chi connectivity index (χ1n) is 10.2. The summed E-state index contributed by atoms with van der Waals surface area (Å²) < 4.78 is 7.21. The second kappa shape index (κ2) is 7.93. The summed E-state index contributed by atoms with van der Waals surface area (Å²) in [6, 6.07) is 3.42. The highest BCUT2D eigenvalue weighted by molar-refractivity contribution is 5.94. The van der Waals surface area contributed by atoms with E-state index in [-0.39, 0.29) is 17.4 Å². The van der Waals surface area contributed by atoms with E-state index in [1.165, 1.54) is 0 Å². The van der Waals surface area contributed by atoms with Crippen LogP contribution in [0.25, 0.3) is 5.65 Å². The minimum Gasteiger partial charge on any atom is -0.481 e. The number of aromatic nitrogens is 4. The zero-order chi connectivity index (χ0) is 21.3. The highest BCUT2D eigenvalue weighted by atomic mass is 16.5. The van der Waals surface area contributed by atoms with Gasteiger partial charge in [-0.1, -0.05) is 0 Å². The van der Waals surface area contributed by atoms with Crippen molar-refractivity contribution in [1.29, 1.82) is 0 Å². The number of amides is 1. The van der Waals surface area contributed by atoms with Crippen molar-refractivity contribution in [3.63, 3.8) is 0 Å². The monoisotopic (exact) mass is 408 g/mol. The molecule has 3 aromatic rings. The van der Waals surface area contributed by atoms with Crippen LogP contribution < -0.4 is 10.1 Å². The van der Waals surface area contributed by atoms with Crippen LogP contribution in [0, 0.1) is 0 Å². The molecule has 0 saturated carbocycles. The number of imidazole rings is 1. The smallest absolute Gasteiger partial charge is 0.254 e. The van der Waals surface area contributed by atoms with Gasteiger partial charge in [0.05, 0.1) is 19.0 Å². The largest absolute Gasteiger partial charge is 0.481 e. The predicted molar refractivity (Wildman–Crippen MR) is 115 cm³/mol. The molecule has 1 aliphatic rings. The Bertz CT molecular complexity index is 1050. The van der Waals surface area contributed by atoms with Crippen molar-refractivity contribution < 1.29 is 9.53 Å². The maximum Gasteiger partial charge on any atom is 0.254 e. The molecule has 4 heterocycles. The Morgan fingerprint density at radius 1 is 1.23 bits per heavy atom. The van der Waals surface area contributed by atoms with Gasteiger partial charge in [-0.05, 0) is 39.7 Å². The van der Waals surface area contributed by atoms with E-state index in [2.05, 4.69) is 40.5 Å². The summed E-state index contributed by atoms with van der Waals surface area (Å²) in [5.41, 5.74) is 2.40. The van der Waals surface area contributed by atoms with Crippen molar-refractivity contribution >= 4 is 17.4 Å². The third kappa shape index (κ3) is 4.08. The second-order valence-electron chi connectivity index (χ2n) is 8.68. The zero-order valence-corrected chi connectivity index (χ0v) is 17.9. The molecule has 1 saturated heterocycles. The van der Waals surface area contributed by atoms with Gasteiger partial charge in [0.1, 0.15) is 5.82 Å². The van der Waals surface area contributed by atoms with E-state index in [1.807, 2.05) is 11.1 Å². The molecule has 8 nitrogen and oxygen atoms in total. The van der Waals surface area contributed by atoms with Crippen LogP contribution in [-0.4, -0.2) is 55.9 Å². The fourth-order valence-electron chi connectivity index (χ4n) is 3.88. The molecule has 0 bridgehead atoms. The molecule has 1 N–H and O–H groups in total. The Morgan fingerprint density at radius 2 is 2.00 bits per heavy atom. The van der Waals surface area contributed by atoms with E-state index in [0.717, 1.165) is 30.0 Å². The number of fused-ring (bicyclic) bond motifs is 1. The fourth-order valence-corrected chi connectivity index (χ4v) is 3.88. The molecule has 1 fully saturated rings. The molecule has 0 unspecified atom stereocenters. The molecule has 0 atom stereocenters. The number of ether oxygens (including phenoxy) is 1. The number of pyridine rings is 1. The van der Waals surface area contributed by atoms with E-state index < -0.39 is 0 Å². The lowest BCUT2D eigenvalue weighted by atomic mass is 9.92. The molecule has 3 aromatic heterocycles. The van der Waals surface area contributed by atoms with Gasteiger partial charge in [-0.25, -0.2) is 9.97 Å². The number of hydrogen-bond donors (Lipinski definition) is 1. The minimum absolute atomic E-state index is 0.0152. The first-order chi connectivity index (χ1) is 14.4. The molecular formula is C22H28N6O2. The SMILES string of the molecule is COc1cc(C(=O)N2CCC(c3nc4cnccn4c3NC(C)(C)C)CC2)ccn1. The molecule has 4 rings (SSSR count). The highest BCUT2D eigenvalue weighted by Crippen LogP contribution is 2.34. The van der Waals surface area contributed by atoms with Crippen molar-refractivity contribution in [3.8, 4) is 5.88 Å². The van der Waals surface area contributed by atoms with Crippen LogP contribution in [-0.2, 0) is 0 Å². The Morgan fingerprint density at radius 3 is 2.70 bits per heavy atom. The summed E-state index contributed by atoms with van der Waals surface area (Å²) in [4.78, 5) is 28.0. The van der Waals surface area contributed by atoms with E-state index >= 15 is 0 Å². The molecule has 30 heavy (non-hydrogen) atoms. The molecule has 0 spiro atoms.